The molecule has 1 atom stereocenters. The number of hydrogen-bond acceptors (Lipinski definition) is 4. The number of hydrogen-bond donors (Lipinski definition) is 1. The number of methoxy groups -OCH3 is 2. The molecule has 0 saturated carbocycles. The lowest BCUT2D eigenvalue weighted by Gasteiger charge is -2.20. The second-order valence-corrected chi connectivity index (χ2v) is 5.27. The summed E-state index contributed by atoms with van der Waals surface area (Å²) in [6.45, 7) is 0. The molecule has 5 heteroatoms. The van der Waals surface area contributed by atoms with Crippen molar-refractivity contribution < 1.29 is 14.3 Å². The van der Waals surface area contributed by atoms with Gasteiger partial charge in [-0.05, 0) is 30.3 Å². The summed E-state index contributed by atoms with van der Waals surface area (Å²) in [6.07, 6.45) is 0. The predicted molar refractivity (Wildman–Crippen MR) is 85.5 cm³/mol. The van der Waals surface area contributed by atoms with Crippen molar-refractivity contribution in [3.05, 3.63) is 58.6 Å². The van der Waals surface area contributed by atoms with Crippen molar-refractivity contribution in [2.75, 3.05) is 19.5 Å². The number of halogens is 1. The number of esters is 1. The van der Waals surface area contributed by atoms with Crippen LogP contribution in [0.2, 0.25) is 0 Å². The van der Waals surface area contributed by atoms with Gasteiger partial charge in [0.05, 0.1) is 14.2 Å². The van der Waals surface area contributed by atoms with Gasteiger partial charge in [-0.2, -0.15) is 0 Å². The Balaban J connectivity index is 2.41. The zero-order valence-electron chi connectivity index (χ0n) is 11.8. The molecule has 21 heavy (non-hydrogen) atoms. The summed E-state index contributed by atoms with van der Waals surface area (Å²) >= 11 is 3.41. The van der Waals surface area contributed by atoms with E-state index in [9.17, 15) is 4.79 Å². The molecule has 4 nitrogen and oxygen atoms in total. The fourth-order valence-electron chi connectivity index (χ4n) is 2.01. The van der Waals surface area contributed by atoms with Crippen LogP contribution in [-0.2, 0) is 9.53 Å². The van der Waals surface area contributed by atoms with Gasteiger partial charge >= 0.3 is 5.97 Å². The molecule has 0 fully saturated rings. The fraction of sp³-hybridized carbons (Fsp3) is 0.188. The average Bonchev–Trinajstić information content (AvgIpc) is 2.53. The zero-order valence-corrected chi connectivity index (χ0v) is 13.4. The summed E-state index contributed by atoms with van der Waals surface area (Å²) in [5.41, 5.74) is 1.54. The SMILES string of the molecule is COC(=O)C(Nc1ccccc1)c1cc(Br)ccc1OC. The Bertz CT molecular complexity index is 616. The van der Waals surface area contributed by atoms with E-state index in [4.69, 9.17) is 9.47 Å². The van der Waals surface area contributed by atoms with Crippen LogP contribution in [0.5, 0.6) is 5.75 Å². The Labute approximate surface area is 132 Å². The van der Waals surface area contributed by atoms with Gasteiger partial charge in [0.15, 0.2) is 6.04 Å². The smallest absolute Gasteiger partial charge is 0.333 e. The van der Waals surface area contributed by atoms with Crippen molar-refractivity contribution >= 4 is 27.6 Å². The highest BCUT2D eigenvalue weighted by Gasteiger charge is 2.25. The van der Waals surface area contributed by atoms with Gasteiger partial charge in [-0.3, -0.25) is 0 Å². The first-order valence-electron chi connectivity index (χ1n) is 6.38. The molecule has 0 aliphatic heterocycles. The quantitative estimate of drug-likeness (QED) is 0.834. The van der Waals surface area contributed by atoms with Crippen molar-refractivity contribution in [2.24, 2.45) is 0 Å². The number of carbonyl (C=O) groups is 1. The summed E-state index contributed by atoms with van der Waals surface area (Å²) in [6, 6.07) is 14.4. The Morgan fingerprint density at radius 2 is 1.86 bits per heavy atom. The van der Waals surface area contributed by atoms with E-state index in [1.54, 1.807) is 7.11 Å². The van der Waals surface area contributed by atoms with Gasteiger partial charge in [0, 0.05) is 15.7 Å². The van der Waals surface area contributed by atoms with Gasteiger partial charge in [0.25, 0.3) is 0 Å². The highest BCUT2D eigenvalue weighted by molar-refractivity contribution is 9.10. The minimum Gasteiger partial charge on any atom is -0.496 e. The van der Waals surface area contributed by atoms with Crippen LogP contribution in [0.3, 0.4) is 0 Å². The van der Waals surface area contributed by atoms with Crippen molar-refractivity contribution in [2.45, 2.75) is 6.04 Å². The molecule has 2 rings (SSSR count). The highest BCUT2D eigenvalue weighted by Crippen LogP contribution is 2.31. The van der Waals surface area contributed by atoms with Crippen LogP contribution < -0.4 is 10.1 Å². The van der Waals surface area contributed by atoms with E-state index >= 15 is 0 Å². The lowest BCUT2D eigenvalue weighted by Crippen LogP contribution is -2.23. The summed E-state index contributed by atoms with van der Waals surface area (Å²) in [5.74, 6) is 0.243. The Morgan fingerprint density at radius 3 is 2.48 bits per heavy atom. The van der Waals surface area contributed by atoms with Crippen LogP contribution in [-0.4, -0.2) is 20.2 Å². The molecule has 1 unspecified atom stereocenters. The molecule has 0 bridgehead atoms. The Hall–Kier alpha value is -2.01. The summed E-state index contributed by atoms with van der Waals surface area (Å²) < 4.78 is 11.1. The molecule has 0 spiro atoms. The highest BCUT2D eigenvalue weighted by atomic mass is 79.9. The van der Waals surface area contributed by atoms with Crippen molar-refractivity contribution in [1.82, 2.24) is 0 Å². The van der Waals surface area contributed by atoms with Crippen molar-refractivity contribution in [1.29, 1.82) is 0 Å². The standard InChI is InChI=1S/C16H16BrNO3/c1-20-14-9-8-11(17)10-13(14)15(16(19)21-2)18-12-6-4-3-5-7-12/h3-10,15,18H,1-2H3. The van der Waals surface area contributed by atoms with E-state index in [0.29, 0.717) is 11.3 Å². The zero-order chi connectivity index (χ0) is 15.2. The summed E-state index contributed by atoms with van der Waals surface area (Å²) in [5, 5.41) is 3.17. The largest absolute Gasteiger partial charge is 0.496 e. The van der Waals surface area contributed by atoms with E-state index in [1.807, 2.05) is 48.5 Å². The average molecular weight is 350 g/mol. The summed E-state index contributed by atoms with van der Waals surface area (Å²) in [7, 11) is 2.94. The van der Waals surface area contributed by atoms with Crippen LogP contribution in [0, 0.1) is 0 Å². The normalized spacial score (nSPS) is 11.6. The van der Waals surface area contributed by atoms with Crippen molar-refractivity contribution in [3.8, 4) is 5.75 Å². The minimum atomic E-state index is -0.648. The number of carbonyl (C=O) groups excluding carboxylic acids is 1. The number of rotatable bonds is 5. The Kier molecular flexibility index (Phi) is 5.22. The van der Waals surface area contributed by atoms with E-state index in [1.165, 1.54) is 7.11 Å². The molecule has 0 radical (unpaired) electrons. The second-order valence-electron chi connectivity index (χ2n) is 4.35. The number of benzene rings is 2. The molecule has 0 amide bonds. The molecule has 110 valence electrons. The molecular weight excluding hydrogens is 334 g/mol. The number of nitrogens with one attached hydrogen (secondary N) is 1. The van der Waals surface area contributed by atoms with Gasteiger partial charge in [-0.25, -0.2) is 4.79 Å². The molecular formula is C16H16BrNO3. The molecule has 0 saturated heterocycles. The lowest BCUT2D eigenvalue weighted by molar-refractivity contribution is -0.141. The van der Waals surface area contributed by atoms with E-state index in [2.05, 4.69) is 21.2 Å². The topological polar surface area (TPSA) is 47.6 Å². The molecule has 0 heterocycles. The van der Waals surface area contributed by atoms with Gasteiger partial charge in [0.1, 0.15) is 5.75 Å². The number of anilines is 1. The maximum Gasteiger partial charge on any atom is 0.333 e. The number of para-hydroxylation sites is 1. The van der Waals surface area contributed by atoms with E-state index in [0.717, 1.165) is 10.2 Å². The van der Waals surface area contributed by atoms with Gasteiger partial charge < -0.3 is 14.8 Å². The third kappa shape index (κ3) is 3.76. The second kappa shape index (κ2) is 7.13. The maximum absolute atomic E-state index is 12.1. The molecule has 2 aromatic carbocycles. The van der Waals surface area contributed by atoms with Crippen LogP contribution in [0.4, 0.5) is 5.69 Å². The first-order chi connectivity index (χ1) is 10.2. The Morgan fingerprint density at radius 1 is 1.14 bits per heavy atom. The monoisotopic (exact) mass is 349 g/mol. The van der Waals surface area contributed by atoms with Crippen LogP contribution in [0.25, 0.3) is 0 Å². The van der Waals surface area contributed by atoms with Gasteiger partial charge in [0.2, 0.25) is 0 Å². The fourth-order valence-corrected chi connectivity index (χ4v) is 2.39. The molecule has 0 aromatic heterocycles. The predicted octanol–water partition coefficient (Wildman–Crippen LogP) is 3.78. The first-order valence-corrected chi connectivity index (χ1v) is 7.18. The van der Waals surface area contributed by atoms with E-state index in [-0.39, 0.29) is 5.97 Å². The molecule has 0 aliphatic carbocycles. The van der Waals surface area contributed by atoms with Crippen molar-refractivity contribution in [3.63, 3.8) is 0 Å². The third-order valence-electron chi connectivity index (χ3n) is 3.02. The van der Waals surface area contributed by atoms with Gasteiger partial charge in [-0.15, -0.1) is 0 Å². The molecule has 0 aliphatic rings. The lowest BCUT2D eigenvalue weighted by atomic mass is 10.1. The maximum atomic E-state index is 12.1. The van der Waals surface area contributed by atoms with Crippen LogP contribution >= 0.6 is 15.9 Å². The van der Waals surface area contributed by atoms with E-state index < -0.39 is 6.04 Å². The van der Waals surface area contributed by atoms with Crippen LogP contribution in [0.1, 0.15) is 11.6 Å². The minimum absolute atomic E-state index is 0.379. The number of ether oxygens (including phenoxy) is 2. The first kappa shape index (κ1) is 15.4. The summed E-state index contributed by atoms with van der Waals surface area (Å²) in [4.78, 5) is 12.1. The van der Waals surface area contributed by atoms with Gasteiger partial charge in [-0.1, -0.05) is 34.1 Å². The third-order valence-corrected chi connectivity index (χ3v) is 3.52. The molecule has 1 N–H and O–H groups in total. The molecule has 2 aromatic rings. The van der Waals surface area contributed by atoms with Crippen LogP contribution in [0.15, 0.2) is 53.0 Å².